The van der Waals surface area contributed by atoms with Crippen molar-refractivity contribution in [3.8, 4) is 135 Å². The van der Waals surface area contributed by atoms with Crippen LogP contribution in [0.2, 0.25) is 0 Å². The zero-order chi connectivity index (χ0) is 79.5. The van der Waals surface area contributed by atoms with E-state index in [4.69, 9.17) is 43.9 Å². The third-order valence-electron chi connectivity index (χ3n) is 17.2. The van der Waals surface area contributed by atoms with E-state index < -0.39 is 0 Å². The summed E-state index contributed by atoms with van der Waals surface area (Å²) >= 11 is 0. The van der Waals surface area contributed by atoms with Crippen molar-refractivity contribution in [1.82, 2.24) is 30.6 Å². The molecule has 6 atom stereocenters. The summed E-state index contributed by atoms with van der Waals surface area (Å²) in [6.45, 7) is 14.1. The summed E-state index contributed by atoms with van der Waals surface area (Å²) in [7, 11) is 0. The molecule has 0 bridgehead atoms. The second-order valence-electron chi connectivity index (χ2n) is 27.2. The SMILES string of the molecule is CC(O)CC(C)O.CC(O)CC(C)O.CC(O)CC(C)O.Cc1ccc(-c2c[c-]c(-c3nnc(-c4ccc(-c5ccc(C)cc5)cc4)o3)cc2)cc1.Fc1ccc(-c2c[c-]c(-c3nnc(-c4ccc(-c5ccc(F)cc5)cc4)o3)cc2)cc1.[Ir].[Ir].[Ir].[c-]1cccc(-c2ccccc2)c1-c1nnc(-c2ccccc2-c2ccccc2)o1. The average Bonchev–Trinajstić information content (AvgIpc) is 1.73. The van der Waals surface area contributed by atoms with E-state index >= 15 is 0 Å². The number of benzene rings is 12. The molecule has 0 aliphatic carbocycles. The van der Waals surface area contributed by atoms with Crippen molar-refractivity contribution in [3.63, 3.8) is 0 Å². The predicted molar refractivity (Wildman–Crippen MR) is 438 cm³/mol. The number of hydrogen-bond acceptors (Lipinski definition) is 15. The first kappa shape index (κ1) is 91.8. The van der Waals surface area contributed by atoms with Crippen LogP contribution in [-0.4, -0.2) is 97.9 Å². The van der Waals surface area contributed by atoms with Crippen LogP contribution in [-0.2, 0) is 60.3 Å². The summed E-state index contributed by atoms with van der Waals surface area (Å²) < 4.78 is 44.1. The second kappa shape index (κ2) is 46.2. The van der Waals surface area contributed by atoms with Crippen LogP contribution in [0.1, 0.15) is 71.9 Å². The van der Waals surface area contributed by atoms with Gasteiger partial charge in [-0.25, -0.2) is 8.78 Å². The van der Waals surface area contributed by atoms with Gasteiger partial charge in [0.1, 0.15) is 11.6 Å². The van der Waals surface area contributed by atoms with Gasteiger partial charge < -0.3 is 43.9 Å². The Hall–Kier alpha value is -10.4. The van der Waals surface area contributed by atoms with Crippen LogP contribution in [0.4, 0.5) is 8.78 Å². The second-order valence-corrected chi connectivity index (χ2v) is 27.2. The molecule has 6 unspecified atom stereocenters. The van der Waals surface area contributed by atoms with Gasteiger partial charge in [0, 0.05) is 77.0 Å². The summed E-state index contributed by atoms with van der Waals surface area (Å²) in [5, 5.41) is 76.8. The molecule has 3 radical (unpaired) electrons. The maximum Gasteiger partial charge on any atom is 0.238 e. The monoisotopic (exact) mass is 2070 g/mol. The van der Waals surface area contributed by atoms with Crippen molar-refractivity contribution in [3.05, 3.63) is 326 Å². The molecular weight excluding hydrogens is 1980 g/mol. The molecule has 115 heavy (non-hydrogen) atoms. The Morgan fingerprint density at radius 3 is 0.904 bits per heavy atom. The number of halogens is 2. The first-order chi connectivity index (χ1) is 54.1. The molecule has 0 aliphatic heterocycles. The molecule has 0 fully saturated rings. The van der Waals surface area contributed by atoms with Crippen LogP contribution >= 0.6 is 0 Å². The van der Waals surface area contributed by atoms with Crippen molar-refractivity contribution in [1.29, 1.82) is 0 Å². The molecular formula is C95H89F2Ir3N6O9-3. The van der Waals surface area contributed by atoms with E-state index in [9.17, 15) is 8.78 Å². The van der Waals surface area contributed by atoms with Crippen LogP contribution in [0.15, 0.2) is 298 Å². The molecule has 15 aromatic rings. The molecule has 0 saturated heterocycles. The number of rotatable bonds is 18. The van der Waals surface area contributed by atoms with E-state index in [0.29, 0.717) is 60.2 Å². The van der Waals surface area contributed by atoms with Gasteiger partial charge in [0.25, 0.3) is 0 Å². The Morgan fingerprint density at radius 1 is 0.270 bits per heavy atom. The van der Waals surface area contributed by atoms with Gasteiger partial charge in [0.2, 0.25) is 17.7 Å². The number of nitrogens with zero attached hydrogens (tertiary/aromatic N) is 6. The third-order valence-corrected chi connectivity index (χ3v) is 17.2. The standard InChI is InChI=1S/C28H21N2O.C26H15F2N2O.C26H17N2O.3C5H12O2.3Ir/c1-19-3-7-21(8-4-19)23-11-15-25(16-12-23)27-29-30-28(31-27)26-17-13-24(14-18-26)22-9-5-20(2)6-10-22;27-23-13-9-19(10-14-23)17-1-5-21(6-2-17)25-29-30-26(31-25)22-7-3-18(4-8-22)20-11-15-24(28)16-12-20;1-3-11-19(12-4-1)21-15-7-9-17-23(21)25-27-28-26(29-25)24-18-10-8-16-22(24)20-13-5-2-6-14-20;3*1-4(6)3-5(2)7;;;/h3-17H,1-2H3;1-7,9-16H;1-17H;3*4-7H,3H2,1-2H3;;;/q3*-1;;;;;;. The summed E-state index contributed by atoms with van der Waals surface area (Å²) in [6, 6.07) is 101. The largest absolute Gasteiger partial charge is 0.464 e. The van der Waals surface area contributed by atoms with Crippen molar-refractivity contribution in [2.24, 2.45) is 0 Å². The van der Waals surface area contributed by atoms with Gasteiger partial charge in [-0.2, -0.15) is 15.3 Å². The van der Waals surface area contributed by atoms with Crippen LogP contribution < -0.4 is 0 Å². The van der Waals surface area contributed by atoms with Crippen LogP contribution in [0.3, 0.4) is 0 Å². The van der Waals surface area contributed by atoms with E-state index in [0.717, 1.165) is 89.0 Å². The van der Waals surface area contributed by atoms with Crippen molar-refractivity contribution < 1.29 is 113 Å². The van der Waals surface area contributed by atoms with E-state index in [-0.39, 0.29) is 109 Å². The normalized spacial score (nSPS) is 12.0. The molecule has 0 amide bonds. The number of aliphatic hydroxyl groups is 6. The van der Waals surface area contributed by atoms with E-state index in [1.165, 1.54) is 41.0 Å². The van der Waals surface area contributed by atoms with Gasteiger partial charge in [0.05, 0.1) is 36.6 Å². The molecule has 12 aromatic carbocycles. The molecule has 6 N–H and O–H groups in total. The van der Waals surface area contributed by atoms with Gasteiger partial charge in [-0.1, -0.05) is 237 Å². The first-order valence-corrected chi connectivity index (χ1v) is 36.8. The molecule has 3 heterocycles. The first-order valence-electron chi connectivity index (χ1n) is 36.8. The van der Waals surface area contributed by atoms with Gasteiger partial charge in [0.15, 0.2) is 17.7 Å². The van der Waals surface area contributed by atoms with Gasteiger partial charge in [-0.3, -0.25) is 0 Å². The number of aryl methyl sites for hydroxylation is 2. The van der Waals surface area contributed by atoms with E-state index in [1.54, 1.807) is 65.8 Å². The number of aliphatic hydroxyl groups excluding tert-OH is 6. The fourth-order valence-electron chi connectivity index (χ4n) is 11.7. The fourth-order valence-corrected chi connectivity index (χ4v) is 11.7. The Balaban J connectivity index is 0.000000209. The minimum Gasteiger partial charge on any atom is -0.464 e. The minimum absolute atomic E-state index is 0. The smallest absolute Gasteiger partial charge is 0.238 e. The molecule has 3 aromatic heterocycles. The van der Waals surface area contributed by atoms with Gasteiger partial charge >= 0.3 is 0 Å². The third kappa shape index (κ3) is 28.3. The molecule has 0 saturated carbocycles. The maximum absolute atomic E-state index is 13.1. The summed E-state index contributed by atoms with van der Waals surface area (Å²) in [6.07, 6.45) is -0.833. The van der Waals surface area contributed by atoms with Gasteiger partial charge in [-0.15, -0.1) is 88.1 Å². The van der Waals surface area contributed by atoms with Crippen molar-refractivity contribution in [2.75, 3.05) is 0 Å². The average molecular weight is 2070 g/mol. The van der Waals surface area contributed by atoms with Crippen LogP contribution in [0, 0.1) is 43.7 Å². The predicted octanol–water partition coefficient (Wildman–Crippen LogP) is 20.9. The van der Waals surface area contributed by atoms with E-state index in [2.05, 4.69) is 160 Å². The Kier molecular flexibility index (Phi) is 36.9. The minimum atomic E-state index is -0.375. The van der Waals surface area contributed by atoms with Crippen molar-refractivity contribution in [2.45, 2.75) is 111 Å². The zero-order valence-corrected chi connectivity index (χ0v) is 71.8. The number of aromatic nitrogens is 6. The van der Waals surface area contributed by atoms with Crippen molar-refractivity contribution >= 4 is 0 Å². The zero-order valence-electron chi connectivity index (χ0n) is 64.6. The Bertz CT molecular complexity index is 4720. The van der Waals surface area contributed by atoms with E-state index in [1.807, 2.05) is 140 Å². The van der Waals surface area contributed by atoms with Gasteiger partial charge in [-0.05, 0) is 163 Å². The molecule has 597 valence electrons. The van der Waals surface area contributed by atoms with Crippen LogP contribution in [0.25, 0.3) is 135 Å². The summed E-state index contributed by atoms with van der Waals surface area (Å²) in [5.74, 6) is 2.15. The fraction of sp³-hybridized carbons (Fsp3) is 0.179. The Morgan fingerprint density at radius 2 is 0.548 bits per heavy atom. The summed E-state index contributed by atoms with van der Waals surface area (Å²) in [5.41, 5.74) is 19.9. The molecule has 0 spiro atoms. The summed E-state index contributed by atoms with van der Waals surface area (Å²) in [4.78, 5) is 0. The molecule has 15 rings (SSSR count). The quantitative estimate of drug-likeness (QED) is 0.0438. The molecule has 0 aliphatic rings. The molecule has 20 heteroatoms. The maximum atomic E-state index is 13.1. The number of hydrogen-bond donors (Lipinski definition) is 6. The molecule has 15 nitrogen and oxygen atoms in total. The Labute approximate surface area is 711 Å². The topological polar surface area (TPSA) is 238 Å². The van der Waals surface area contributed by atoms with Crippen LogP contribution in [0.5, 0.6) is 0 Å².